The zero-order valence-electron chi connectivity index (χ0n) is 21.1. The summed E-state index contributed by atoms with van der Waals surface area (Å²) in [6.07, 6.45) is 0. The Balaban J connectivity index is 1.35. The number of carbonyl (C=O) groups is 1. The molecule has 2 heterocycles. The van der Waals surface area contributed by atoms with Gasteiger partial charge in [-0.3, -0.25) is 0 Å². The number of anilines is 4. The average molecular weight is 513 g/mol. The van der Waals surface area contributed by atoms with Gasteiger partial charge in [0.05, 0.1) is 12.7 Å². The van der Waals surface area contributed by atoms with E-state index in [4.69, 9.17) is 14.2 Å². The smallest absolute Gasteiger partial charge is 0.340 e. The summed E-state index contributed by atoms with van der Waals surface area (Å²) >= 11 is 0. The van der Waals surface area contributed by atoms with Crippen molar-refractivity contribution in [3.05, 3.63) is 138 Å². The third-order valence-corrected chi connectivity index (χ3v) is 7.15. The second-order valence-electron chi connectivity index (χ2n) is 9.48. The zero-order valence-corrected chi connectivity index (χ0v) is 21.1. The summed E-state index contributed by atoms with van der Waals surface area (Å²) in [6.45, 7) is 0. The number of nitrogens with one attached hydrogen (secondary N) is 2. The van der Waals surface area contributed by atoms with Crippen LogP contribution in [0.25, 0.3) is 0 Å². The molecule has 0 saturated heterocycles. The number of esters is 1. The normalized spacial score (nSPS) is 16.4. The summed E-state index contributed by atoms with van der Waals surface area (Å²) < 4.78 is 18.1. The van der Waals surface area contributed by atoms with Gasteiger partial charge in [-0.1, -0.05) is 36.4 Å². The summed E-state index contributed by atoms with van der Waals surface area (Å²) in [4.78, 5) is 13.2. The second kappa shape index (κ2) is 8.96. The Labute approximate surface area is 225 Å². The van der Waals surface area contributed by atoms with Crippen LogP contribution in [0.1, 0.15) is 27.0 Å². The number of rotatable bonds is 5. The van der Waals surface area contributed by atoms with Crippen LogP contribution in [0.3, 0.4) is 0 Å². The minimum Gasteiger partial charge on any atom is -0.497 e. The summed E-state index contributed by atoms with van der Waals surface area (Å²) in [7, 11) is 1.64. The number of carbonyl (C=O) groups excluding carboxylic acids is 1. The van der Waals surface area contributed by atoms with E-state index in [9.17, 15) is 4.79 Å². The molecular weight excluding hydrogens is 488 g/mol. The lowest BCUT2D eigenvalue weighted by molar-refractivity contribution is 0.0224. The quantitative estimate of drug-likeness (QED) is 0.235. The highest BCUT2D eigenvalue weighted by molar-refractivity contribution is 5.97. The first-order valence-corrected chi connectivity index (χ1v) is 12.7. The molecule has 0 saturated carbocycles. The predicted octanol–water partition coefficient (Wildman–Crippen LogP) is 7.75. The predicted molar refractivity (Wildman–Crippen MR) is 151 cm³/mol. The standard InChI is InChI=1S/C33H24N2O4/c1-37-25-15-11-22(12-16-25)35-23-14-18-30-29(19-23)33(27-10-6-5-9-26(27)32(36)39-33)28-17-13-24(20-31(28)38-30)34-21-7-3-2-4-8-21/h2-20,34-35H,1H3. The van der Waals surface area contributed by atoms with Crippen LogP contribution in [0.2, 0.25) is 0 Å². The molecule has 2 N–H and O–H groups in total. The molecule has 1 unspecified atom stereocenters. The molecule has 39 heavy (non-hydrogen) atoms. The molecule has 0 aliphatic carbocycles. The molecule has 0 radical (unpaired) electrons. The SMILES string of the molecule is COc1ccc(Nc2ccc3c(c2)C2(OC(=O)c4ccccc42)c2ccc(Nc4ccccc4)cc2O3)cc1. The highest BCUT2D eigenvalue weighted by atomic mass is 16.6. The van der Waals surface area contributed by atoms with Crippen LogP contribution in [0, 0.1) is 0 Å². The van der Waals surface area contributed by atoms with Gasteiger partial charge in [0, 0.05) is 45.5 Å². The van der Waals surface area contributed by atoms with E-state index in [1.54, 1.807) is 7.11 Å². The second-order valence-corrected chi connectivity index (χ2v) is 9.48. The van der Waals surface area contributed by atoms with Gasteiger partial charge in [0.15, 0.2) is 5.60 Å². The van der Waals surface area contributed by atoms with Crippen molar-refractivity contribution in [2.24, 2.45) is 0 Å². The molecule has 1 atom stereocenters. The fraction of sp³-hybridized carbons (Fsp3) is 0.0606. The molecule has 2 aliphatic rings. The highest BCUT2D eigenvalue weighted by Crippen LogP contribution is 2.57. The van der Waals surface area contributed by atoms with E-state index in [2.05, 4.69) is 10.6 Å². The summed E-state index contributed by atoms with van der Waals surface area (Å²) in [5.74, 6) is 1.68. The molecule has 2 aliphatic heterocycles. The van der Waals surface area contributed by atoms with Crippen molar-refractivity contribution in [1.82, 2.24) is 0 Å². The average Bonchev–Trinajstić information content (AvgIpc) is 3.27. The van der Waals surface area contributed by atoms with Gasteiger partial charge in [0.1, 0.15) is 17.2 Å². The Hall–Kier alpha value is -5.23. The van der Waals surface area contributed by atoms with E-state index < -0.39 is 5.60 Å². The van der Waals surface area contributed by atoms with Crippen molar-refractivity contribution in [2.75, 3.05) is 17.7 Å². The molecule has 0 fully saturated rings. The summed E-state index contributed by atoms with van der Waals surface area (Å²) in [5.41, 5.74) is 5.32. The maximum atomic E-state index is 13.2. The topological polar surface area (TPSA) is 68.8 Å². The van der Waals surface area contributed by atoms with Crippen LogP contribution < -0.4 is 20.1 Å². The number of benzene rings is 5. The number of hydrogen-bond donors (Lipinski definition) is 2. The van der Waals surface area contributed by atoms with Crippen LogP contribution in [0.5, 0.6) is 17.2 Å². The highest BCUT2D eigenvalue weighted by Gasteiger charge is 2.53. The maximum Gasteiger partial charge on any atom is 0.340 e. The zero-order chi connectivity index (χ0) is 26.4. The number of para-hydroxylation sites is 1. The molecular formula is C33H24N2O4. The van der Waals surface area contributed by atoms with Crippen molar-refractivity contribution in [2.45, 2.75) is 5.60 Å². The van der Waals surface area contributed by atoms with E-state index in [0.717, 1.165) is 45.2 Å². The third-order valence-electron chi connectivity index (χ3n) is 7.15. The molecule has 7 rings (SSSR count). The van der Waals surface area contributed by atoms with Gasteiger partial charge >= 0.3 is 5.97 Å². The Kier molecular flexibility index (Phi) is 5.27. The maximum absolute atomic E-state index is 13.2. The van der Waals surface area contributed by atoms with E-state index in [-0.39, 0.29) is 5.97 Å². The summed E-state index contributed by atoms with van der Waals surface area (Å²) in [5, 5.41) is 6.87. The molecule has 1 spiro atoms. The molecule has 6 heteroatoms. The van der Waals surface area contributed by atoms with Crippen LogP contribution in [0.15, 0.2) is 115 Å². The first-order valence-electron chi connectivity index (χ1n) is 12.7. The number of hydrogen-bond acceptors (Lipinski definition) is 6. The molecule has 5 aromatic carbocycles. The van der Waals surface area contributed by atoms with Gasteiger partial charge in [-0.15, -0.1) is 0 Å². The van der Waals surface area contributed by atoms with Crippen molar-refractivity contribution < 1.29 is 19.0 Å². The molecule has 0 aromatic heterocycles. The lowest BCUT2D eigenvalue weighted by atomic mass is 9.77. The van der Waals surface area contributed by atoms with Gasteiger partial charge in [0.25, 0.3) is 0 Å². The fourth-order valence-corrected chi connectivity index (χ4v) is 5.36. The van der Waals surface area contributed by atoms with Crippen LogP contribution in [-0.4, -0.2) is 13.1 Å². The molecule has 6 nitrogen and oxygen atoms in total. The van der Waals surface area contributed by atoms with Crippen molar-refractivity contribution in [1.29, 1.82) is 0 Å². The minimum absolute atomic E-state index is 0.357. The first kappa shape index (κ1) is 22.9. The van der Waals surface area contributed by atoms with E-state index in [0.29, 0.717) is 17.1 Å². The Morgan fingerprint density at radius 1 is 0.615 bits per heavy atom. The number of methoxy groups -OCH3 is 1. The van der Waals surface area contributed by atoms with Crippen molar-refractivity contribution in [3.8, 4) is 17.2 Å². The van der Waals surface area contributed by atoms with Crippen LogP contribution in [-0.2, 0) is 10.3 Å². The van der Waals surface area contributed by atoms with Gasteiger partial charge in [0.2, 0.25) is 0 Å². The van der Waals surface area contributed by atoms with Crippen molar-refractivity contribution in [3.63, 3.8) is 0 Å². The number of ether oxygens (including phenoxy) is 3. The van der Waals surface area contributed by atoms with Gasteiger partial charge < -0.3 is 24.8 Å². The minimum atomic E-state index is -1.14. The van der Waals surface area contributed by atoms with Gasteiger partial charge in [-0.25, -0.2) is 4.79 Å². The molecule has 190 valence electrons. The van der Waals surface area contributed by atoms with E-state index in [1.165, 1.54) is 0 Å². The van der Waals surface area contributed by atoms with E-state index >= 15 is 0 Å². The summed E-state index contributed by atoms with van der Waals surface area (Å²) in [6, 6.07) is 37.0. The van der Waals surface area contributed by atoms with Crippen LogP contribution in [0.4, 0.5) is 22.7 Å². The number of fused-ring (bicyclic) bond motifs is 6. The van der Waals surface area contributed by atoms with Crippen molar-refractivity contribution >= 4 is 28.7 Å². The molecule has 0 bridgehead atoms. The molecule has 0 amide bonds. The Morgan fingerprint density at radius 3 is 2.08 bits per heavy atom. The van der Waals surface area contributed by atoms with Gasteiger partial charge in [-0.05, 0) is 72.8 Å². The lowest BCUT2D eigenvalue weighted by Gasteiger charge is -2.37. The van der Waals surface area contributed by atoms with Gasteiger partial charge in [-0.2, -0.15) is 0 Å². The molecule has 5 aromatic rings. The fourth-order valence-electron chi connectivity index (χ4n) is 5.36. The monoisotopic (exact) mass is 512 g/mol. The largest absolute Gasteiger partial charge is 0.497 e. The van der Waals surface area contributed by atoms with E-state index in [1.807, 2.05) is 115 Å². The van der Waals surface area contributed by atoms with Crippen LogP contribution >= 0.6 is 0 Å². The Morgan fingerprint density at radius 2 is 1.28 bits per heavy atom. The Bertz CT molecular complexity index is 1720. The lowest BCUT2D eigenvalue weighted by Crippen LogP contribution is -2.33. The third kappa shape index (κ3) is 3.77. The first-order chi connectivity index (χ1) is 19.1.